The topological polar surface area (TPSA) is 73.5 Å². The maximum Gasteiger partial charge on any atom is 0.142 e. The summed E-state index contributed by atoms with van der Waals surface area (Å²) in [6.45, 7) is 4.58. The molecule has 0 amide bonds. The number of ether oxygens (including phenoxy) is 2. The van der Waals surface area contributed by atoms with E-state index in [9.17, 15) is 0 Å². The number of nitrogens with zero attached hydrogens (tertiary/aromatic N) is 3. The average Bonchev–Trinajstić information content (AvgIpc) is 3.05. The third-order valence-electron chi connectivity index (χ3n) is 4.40. The van der Waals surface area contributed by atoms with E-state index < -0.39 is 0 Å². The predicted octanol–water partition coefficient (Wildman–Crippen LogP) is 3.17. The van der Waals surface area contributed by atoms with Crippen molar-refractivity contribution < 1.29 is 9.47 Å². The first kappa shape index (κ1) is 16.1. The number of fused-ring (bicyclic) bond motifs is 1. The van der Waals surface area contributed by atoms with Crippen LogP contribution in [0.15, 0.2) is 30.5 Å². The van der Waals surface area contributed by atoms with Crippen molar-refractivity contribution in [2.24, 2.45) is 0 Å². The number of nitrogens with two attached hydrogens (primary N) is 1. The van der Waals surface area contributed by atoms with Gasteiger partial charge in [0.1, 0.15) is 21.8 Å². The zero-order chi connectivity index (χ0) is 17.4. The molecule has 6 nitrogen and oxygen atoms in total. The van der Waals surface area contributed by atoms with E-state index in [1.165, 1.54) is 11.5 Å². The highest BCUT2D eigenvalue weighted by atomic mass is 32.1. The lowest BCUT2D eigenvalue weighted by Crippen LogP contribution is -2.40. The second kappa shape index (κ2) is 6.50. The van der Waals surface area contributed by atoms with Crippen molar-refractivity contribution in [3.05, 3.63) is 30.5 Å². The predicted molar refractivity (Wildman–Crippen MR) is 101 cm³/mol. The van der Waals surface area contributed by atoms with Gasteiger partial charge in [0.15, 0.2) is 0 Å². The molecule has 0 spiro atoms. The van der Waals surface area contributed by atoms with E-state index in [0.29, 0.717) is 11.4 Å². The molecule has 2 N–H and O–H groups in total. The lowest BCUT2D eigenvalue weighted by Gasteiger charge is -2.31. The van der Waals surface area contributed by atoms with Gasteiger partial charge in [0.25, 0.3) is 0 Å². The number of nitrogen functional groups attached to an aromatic ring is 1. The van der Waals surface area contributed by atoms with Crippen LogP contribution in [0.2, 0.25) is 0 Å². The SMILES string of the molecule is COc1cc(-c2cnc3c(N4CCO[C@H](C)C4)snc3c2)ccc1N. The molecule has 130 valence electrons. The summed E-state index contributed by atoms with van der Waals surface area (Å²) in [7, 11) is 1.62. The van der Waals surface area contributed by atoms with Crippen molar-refractivity contribution in [2.75, 3.05) is 37.4 Å². The third kappa shape index (κ3) is 3.01. The van der Waals surface area contributed by atoms with Crippen molar-refractivity contribution in [2.45, 2.75) is 13.0 Å². The third-order valence-corrected chi connectivity index (χ3v) is 5.31. The van der Waals surface area contributed by atoms with Gasteiger partial charge < -0.3 is 20.1 Å². The van der Waals surface area contributed by atoms with Gasteiger partial charge in [0, 0.05) is 24.8 Å². The summed E-state index contributed by atoms with van der Waals surface area (Å²) >= 11 is 1.50. The number of rotatable bonds is 3. The van der Waals surface area contributed by atoms with E-state index in [2.05, 4.69) is 27.2 Å². The molecule has 1 aliphatic rings. The van der Waals surface area contributed by atoms with Crippen LogP contribution in [0.25, 0.3) is 22.2 Å². The van der Waals surface area contributed by atoms with E-state index in [4.69, 9.17) is 15.2 Å². The Bertz CT molecular complexity index is 911. The first-order valence-electron chi connectivity index (χ1n) is 8.21. The summed E-state index contributed by atoms with van der Waals surface area (Å²) in [6, 6.07) is 7.81. The monoisotopic (exact) mass is 356 g/mol. The molecule has 1 aliphatic heterocycles. The molecule has 7 heteroatoms. The Kier molecular flexibility index (Phi) is 4.19. The minimum atomic E-state index is 0.229. The molecular weight excluding hydrogens is 336 g/mol. The molecular formula is C18H20N4O2S. The van der Waals surface area contributed by atoms with Crippen LogP contribution in [-0.4, -0.2) is 42.3 Å². The summed E-state index contributed by atoms with van der Waals surface area (Å²) < 4.78 is 15.5. The highest BCUT2D eigenvalue weighted by Gasteiger charge is 2.21. The van der Waals surface area contributed by atoms with Crippen LogP contribution >= 0.6 is 11.5 Å². The Morgan fingerprint density at radius 2 is 2.20 bits per heavy atom. The molecule has 0 unspecified atom stereocenters. The van der Waals surface area contributed by atoms with Gasteiger partial charge in [0.05, 0.1) is 25.5 Å². The van der Waals surface area contributed by atoms with Gasteiger partial charge in [-0.1, -0.05) is 6.07 Å². The van der Waals surface area contributed by atoms with Gasteiger partial charge in [-0.25, -0.2) is 0 Å². The van der Waals surface area contributed by atoms with Crippen LogP contribution in [0.1, 0.15) is 6.92 Å². The molecule has 3 heterocycles. The molecule has 0 saturated carbocycles. The minimum Gasteiger partial charge on any atom is -0.495 e. The molecule has 1 fully saturated rings. The number of morpholine rings is 1. The van der Waals surface area contributed by atoms with Crippen LogP contribution in [0.3, 0.4) is 0 Å². The molecule has 0 radical (unpaired) electrons. The van der Waals surface area contributed by atoms with E-state index >= 15 is 0 Å². The van der Waals surface area contributed by atoms with Crippen molar-refractivity contribution in [3.8, 4) is 16.9 Å². The standard InChI is InChI=1S/C18H20N4O2S/c1-11-10-22(5-6-24-11)18-17-15(21-25-18)7-13(9-20-17)12-3-4-14(19)16(8-12)23-2/h3-4,7-9,11H,5-6,10,19H2,1-2H3/t11-/m1/s1. The first-order valence-corrected chi connectivity index (χ1v) is 8.99. The molecule has 0 bridgehead atoms. The van der Waals surface area contributed by atoms with Crippen molar-refractivity contribution in [3.63, 3.8) is 0 Å². The van der Waals surface area contributed by atoms with Crippen molar-refractivity contribution in [1.82, 2.24) is 9.36 Å². The fourth-order valence-electron chi connectivity index (χ4n) is 3.08. The summed E-state index contributed by atoms with van der Waals surface area (Å²) in [5, 5.41) is 1.12. The van der Waals surface area contributed by atoms with Crippen molar-refractivity contribution >= 4 is 33.3 Å². The van der Waals surface area contributed by atoms with Gasteiger partial charge >= 0.3 is 0 Å². The summed E-state index contributed by atoms with van der Waals surface area (Å²) in [5.41, 5.74) is 10.4. The number of anilines is 2. The number of pyridine rings is 1. The number of methoxy groups -OCH3 is 1. The molecule has 2 aromatic heterocycles. The summed E-state index contributed by atoms with van der Waals surface area (Å²) in [4.78, 5) is 7.00. The van der Waals surface area contributed by atoms with Gasteiger partial charge in [0.2, 0.25) is 0 Å². The van der Waals surface area contributed by atoms with Crippen LogP contribution < -0.4 is 15.4 Å². The quantitative estimate of drug-likeness (QED) is 0.727. The van der Waals surface area contributed by atoms with Crippen molar-refractivity contribution in [1.29, 1.82) is 0 Å². The lowest BCUT2D eigenvalue weighted by atomic mass is 10.1. The van der Waals surface area contributed by atoms with Crippen LogP contribution in [0, 0.1) is 0 Å². The van der Waals surface area contributed by atoms with Gasteiger partial charge in [-0.3, -0.25) is 4.98 Å². The van der Waals surface area contributed by atoms with Crippen LogP contribution in [0.4, 0.5) is 10.7 Å². The summed E-state index contributed by atoms with van der Waals surface area (Å²) in [5.74, 6) is 0.666. The Balaban J connectivity index is 1.70. The Morgan fingerprint density at radius 3 is 3.00 bits per heavy atom. The maximum atomic E-state index is 5.90. The zero-order valence-corrected chi connectivity index (χ0v) is 15.0. The highest BCUT2D eigenvalue weighted by Crippen LogP contribution is 2.34. The largest absolute Gasteiger partial charge is 0.495 e. The molecule has 0 aliphatic carbocycles. The van der Waals surface area contributed by atoms with E-state index in [-0.39, 0.29) is 6.10 Å². The number of aromatic nitrogens is 2. The fraction of sp³-hybridized carbons (Fsp3) is 0.333. The number of benzene rings is 1. The molecule has 4 rings (SSSR count). The Labute approximate surface area is 150 Å². The zero-order valence-electron chi connectivity index (χ0n) is 14.2. The second-order valence-corrected chi connectivity index (χ2v) is 6.92. The Hall–Kier alpha value is -2.38. The van der Waals surface area contributed by atoms with Gasteiger partial charge in [-0.15, -0.1) is 0 Å². The second-order valence-electron chi connectivity index (χ2n) is 6.16. The average molecular weight is 356 g/mol. The highest BCUT2D eigenvalue weighted by molar-refractivity contribution is 7.11. The van der Waals surface area contributed by atoms with Crippen LogP contribution in [-0.2, 0) is 4.74 Å². The smallest absolute Gasteiger partial charge is 0.142 e. The lowest BCUT2D eigenvalue weighted by molar-refractivity contribution is 0.0535. The Morgan fingerprint density at radius 1 is 1.32 bits per heavy atom. The normalized spacial score (nSPS) is 17.8. The fourth-order valence-corrected chi connectivity index (χ4v) is 3.93. The number of hydrogen-bond acceptors (Lipinski definition) is 7. The molecule has 1 atom stereocenters. The molecule has 3 aromatic rings. The van der Waals surface area contributed by atoms with Crippen LogP contribution in [0.5, 0.6) is 5.75 Å². The van der Waals surface area contributed by atoms with Gasteiger partial charge in [-0.2, -0.15) is 4.37 Å². The summed E-state index contributed by atoms with van der Waals surface area (Å²) in [6.07, 6.45) is 2.11. The number of hydrogen-bond donors (Lipinski definition) is 1. The van der Waals surface area contributed by atoms with Gasteiger partial charge in [-0.05, 0) is 42.2 Å². The van der Waals surface area contributed by atoms with E-state index in [1.54, 1.807) is 7.11 Å². The maximum absolute atomic E-state index is 5.90. The molecule has 1 aromatic carbocycles. The minimum absolute atomic E-state index is 0.229. The van der Waals surface area contributed by atoms with E-state index in [0.717, 1.165) is 46.9 Å². The molecule has 1 saturated heterocycles. The first-order chi connectivity index (χ1) is 12.2. The molecule has 25 heavy (non-hydrogen) atoms. The van der Waals surface area contributed by atoms with E-state index in [1.807, 2.05) is 24.4 Å².